The molecular weight excluding hydrogens is 268 g/mol. The Morgan fingerprint density at radius 2 is 2.42 bits per heavy atom. The Labute approximate surface area is 116 Å². The third-order valence-corrected chi connectivity index (χ3v) is 3.43. The fraction of sp³-hybridized carbons (Fsp3) is 0.636. The molecule has 0 aliphatic heterocycles. The highest BCUT2D eigenvalue weighted by Crippen LogP contribution is 2.09. The minimum Gasteiger partial charge on any atom is -0.448 e. The lowest BCUT2D eigenvalue weighted by Gasteiger charge is -2.05. The zero-order valence-corrected chi connectivity index (χ0v) is 11.9. The molecule has 1 rings (SSSR count). The van der Waals surface area contributed by atoms with Crippen molar-refractivity contribution in [3.8, 4) is 0 Å². The highest BCUT2D eigenvalue weighted by Gasteiger charge is 2.05. The van der Waals surface area contributed by atoms with Gasteiger partial charge in [-0.3, -0.25) is 15.1 Å². The van der Waals surface area contributed by atoms with E-state index in [1.165, 1.54) is 6.39 Å². The summed E-state index contributed by atoms with van der Waals surface area (Å²) < 4.78 is 5.24. The van der Waals surface area contributed by atoms with Gasteiger partial charge in [0, 0.05) is 36.4 Å². The maximum atomic E-state index is 10.3. The van der Waals surface area contributed by atoms with Crippen LogP contribution in [-0.4, -0.2) is 47.4 Å². The maximum Gasteiger partial charge on any atom is 0.259 e. The molecule has 0 unspecified atom stereocenters. The molecule has 0 aliphatic carbocycles. The molecule has 0 atom stereocenters. The van der Waals surface area contributed by atoms with E-state index in [1.807, 2.05) is 6.92 Å². The minimum atomic E-state index is -0.394. The van der Waals surface area contributed by atoms with E-state index >= 15 is 0 Å². The first-order valence-electron chi connectivity index (χ1n) is 5.91. The van der Waals surface area contributed by atoms with E-state index in [1.54, 1.807) is 18.8 Å². The highest BCUT2D eigenvalue weighted by molar-refractivity contribution is 7.99. The van der Waals surface area contributed by atoms with Crippen LogP contribution >= 0.6 is 11.8 Å². The monoisotopic (exact) mass is 286 g/mol. The number of hydrogen-bond donors (Lipinski definition) is 1. The second-order valence-electron chi connectivity index (χ2n) is 3.81. The second-order valence-corrected chi connectivity index (χ2v) is 5.04. The van der Waals surface area contributed by atoms with Gasteiger partial charge in [0.05, 0.1) is 5.69 Å². The van der Waals surface area contributed by atoms with Crippen molar-refractivity contribution >= 4 is 17.6 Å². The van der Waals surface area contributed by atoms with E-state index in [-0.39, 0.29) is 6.54 Å². The predicted molar refractivity (Wildman–Crippen MR) is 75.5 cm³/mol. The summed E-state index contributed by atoms with van der Waals surface area (Å²) in [5, 5.41) is 13.3. The van der Waals surface area contributed by atoms with Crippen LogP contribution < -0.4 is 5.32 Å². The summed E-state index contributed by atoms with van der Waals surface area (Å²) in [5.41, 5.74) is 0.935. The number of oxazole rings is 1. The molecule has 0 spiro atoms. The maximum absolute atomic E-state index is 10.3. The number of rotatable bonds is 8. The van der Waals surface area contributed by atoms with Gasteiger partial charge in [-0.05, 0) is 6.92 Å². The van der Waals surface area contributed by atoms with Crippen molar-refractivity contribution in [1.82, 2.24) is 10.3 Å². The molecule has 7 nitrogen and oxygen atoms in total. The standard InChI is InChI=1S/C11H18N4O3S/c1-9-10(18-8-14-9)3-5-19-6-4-13-11(12-2)7-15(16)17/h8H,3-7H2,1-2H3,(H,12,13). The second kappa shape index (κ2) is 8.52. The first-order chi connectivity index (χ1) is 9.13. The van der Waals surface area contributed by atoms with Gasteiger partial charge in [0.2, 0.25) is 0 Å². The molecule has 1 aromatic rings. The number of thioether (sulfide) groups is 1. The van der Waals surface area contributed by atoms with Crippen molar-refractivity contribution < 1.29 is 9.34 Å². The molecule has 0 aliphatic rings. The molecule has 0 saturated carbocycles. The number of amidine groups is 1. The number of hydrogen-bond acceptors (Lipinski definition) is 6. The van der Waals surface area contributed by atoms with E-state index in [2.05, 4.69) is 15.3 Å². The van der Waals surface area contributed by atoms with Crippen molar-refractivity contribution in [2.45, 2.75) is 13.3 Å². The van der Waals surface area contributed by atoms with Gasteiger partial charge < -0.3 is 9.73 Å². The fourth-order valence-corrected chi connectivity index (χ4v) is 2.21. The highest BCUT2D eigenvalue weighted by atomic mass is 32.2. The predicted octanol–water partition coefficient (Wildman–Crippen LogP) is 1.15. The molecule has 0 radical (unpaired) electrons. The van der Waals surface area contributed by atoms with E-state index in [4.69, 9.17) is 4.42 Å². The summed E-state index contributed by atoms with van der Waals surface area (Å²) in [4.78, 5) is 17.8. The molecule has 19 heavy (non-hydrogen) atoms. The van der Waals surface area contributed by atoms with Gasteiger partial charge in [0.25, 0.3) is 6.54 Å². The molecule has 106 valence electrons. The molecule has 0 fully saturated rings. The van der Waals surface area contributed by atoms with Gasteiger partial charge in [-0.25, -0.2) is 4.98 Å². The molecule has 0 aromatic carbocycles. The zero-order valence-electron chi connectivity index (χ0n) is 11.1. The molecule has 1 N–H and O–H groups in total. The number of nitrogens with zero attached hydrogens (tertiary/aromatic N) is 3. The Morgan fingerprint density at radius 1 is 1.63 bits per heavy atom. The van der Waals surface area contributed by atoms with Crippen molar-refractivity contribution in [2.75, 3.05) is 31.6 Å². The first kappa shape index (κ1) is 15.5. The van der Waals surface area contributed by atoms with E-state index in [0.717, 1.165) is 29.4 Å². The van der Waals surface area contributed by atoms with Gasteiger partial charge in [-0.1, -0.05) is 0 Å². The van der Waals surface area contributed by atoms with Gasteiger partial charge in [0.15, 0.2) is 12.2 Å². The van der Waals surface area contributed by atoms with Crippen molar-refractivity contribution in [1.29, 1.82) is 0 Å². The average Bonchev–Trinajstić information content (AvgIpc) is 2.77. The molecular formula is C11H18N4O3S. The molecule has 0 bridgehead atoms. The zero-order chi connectivity index (χ0) is 14.1. The lowest BCUT2D eigenvalue weighted by atomic mass is 10.3. The van der Waals surface area contributed by atoms with Crippen LogP contribution in [0.3, 0.4) is 0 Å². The normalized spacial score (nSPS) is 11.6. The largest absolute Gasteiger partial charge is 0.448 e. The summed E-state index contributed by atoms with van der Waals surface area (Å²) in [6.45, 7) is 2.34. The molecule has 1 heterocycles. The van der Waals surface area contributed by atoms with Crippen LogP contribution in [0.2, 0.25) is 0 Å². The quantitative estimate of drug-likeness (QED) is 0.253. The Balaban J connectivity index is 2.08. The van der Waals surface area contributed by atoms with Crippen LogP contribution in [0.15, 0.2) is 15.8 Å². The topological polar surface area (TPSA) is 93.6 Å². The van der Waals surface area contributed by atoms with E-state index < -0.39 is 4.92 Å². The van der Waals surface area contributed by atoms with Gasteiger partial charge in [0.1, 0.15) is 5.76 Å². The number of nitrogens with one attached hydrogen (secondary N) is 1. The fourth-order valence-electron chi connectivity index (χ4n) is 1.43. The Morgan fingerprint density at radius 3 is 3.00 bits per heavy atom. The van der Waals surface area contributed by atoms with Crippen molar-refractivity contribution in [2.24, 2.45) is 4.99 Å². The van der Waals surface area contributed by atoms with E-state index in [0.29, 0.717) is 12.4 Å². The number of aliphatic imine (C=N–C) groups is 1. The number of aryl methyl sites for hydroxylation is 2. The molecule has 8 heteroatoms. The lowest BCUT2D eigenvalue weighted by Crippen LogP contribution is -2.31. The van der Waals surface area contributed by atoms with Gasteiger partial charge in [-0.15, -0.1) is 0 Å². The minimum absolute atomic E-state index is 0.252. The summed E-state index contributed by atoms with van der Waals surface area (Å²) in [6.07, 6.45) is 2.30. The first-order valence-corrected chi connectivity index (χ1v) is 7.07. The summed E-state index contributed by atoms with van der Waals surface area (Å²) in [6, 6.07) is 0. The SMILES string of the molecule is CN=C(C[N+](=O)[O-])NCCSCCc1ocnc1C. The smallest absolute Gasteiger partial charge is 0.259 e. The van der Waals surface area contributed by atoms with Crippen LogP contribution in [0, 0.1) is 17.0 Å². The lowest BCUT2D eigenvalue weighted by molar-refractivity contribution is -0.463. The van der Waals surface area contributed by atoms with Gasteiger partial charge >= 0.3 is 0 Å². The molecule has 0 saturated heterocycles. The third kappa shape index (κ3) is 6.23. The number of nitro groups is 1. The van der Waals surface area contributed by atoms with Crippen molar-refractivity contribution in [3.05, 3.63) is 28.0 Å². The molecule has 0 amide bonds. The summed E-state index contributed by atoms with van der Waals surface area (Å²) in [7, 11) is 1.55. The third-order valence-electron chi connectivity index (χ3n) is 2.44. The summed E-state index contributed by atoms with van der Waals surface area (Å²) in [5.74, 6) is 3.14. The van der Waals surface area contributed by atoms with Crippen LogP contribution in [0.1, 0.15) is 11.5 Å². The molecule has 1 aromatic heterocycles. The number of aromatic nitrogens is 1. The average molecular weight is 286 g/mol. The van der Waals surface area contributed by atoms with Crippen LogP contribution in [0.5, 0.6) is 0 Å². The Kier molecular flexibility index (Phi) is 6.94. The summed E-state index contributed by atoms with van der Waals surface area (Å²) >= 11 is 1.76. The van der Waals surface area contributed by atoms with Crippen LogP contribution in [-0.2, 0) is 6.42 Å². The van der Waals surface area contributed by atoms with Crippen LogP contribution in [0.4, 0.5) is 0 Å². The Hall–Kier alpha value is -1.57. The Bertz CT molecular complexity index is 433. The van der Waals surface area contributed by atoms with Gasteiger partial charge in [-0.2, -0.15) is 11.8 Å². The van der Waals surface area contributed by atoms with Crippen molar-refractivity contribution in [3.63, 3.8) is 0 Å². The van der Waals surface area contributed by atoms with E-state index in [9.17, 15) is 10.1 Å². The van der Waals surface area contributed by atoms with Crippen LogP contribution in [0.25, 0.3) is 0 Å².